The van der Waals surface area contributed by atoms with Gasteiger partial charge >= 0.3 is 0 Å². The minimum atomic E-state index is -1.86. The smallest absolute Gasteiger partial charge is 0.114 e. The fourth-order valence-corrected chi connectivity index (χ4v) is 9.65. The summed E-state index contributed by atoms with van der Waals surface area (Å²) in [5.41, 5.74) is 0. The molecular weight excluding hydrogens is 1010 g/mol. The predicted octanol–water partition coefficient (Wildman–Crippen LogP) is -12.2. The number of aliphatic hydroxyl groups is 20. The first-order chi connectivity index (χ1) is 35.0. The van der Waals surface area contributed by atoms with Gasteiger partial charge in [0.2, 0.25) is 0 Å². The normalized spacial score (nSPS) is 45.0. The Bertz CT molecular complexity index is 1590. The van der Waals surface area contributed by atoms with Gasteiger partial charge < -0.3 is 149 Å². The Balaban J connectivity index is 1.10. The molecule has 5 aliphatic heterocycles. The van der Waals surface area contributed by atoms with E-state index in [0.717, 1.165) is 0 Å². The Morgan fingerprint density at radius 2 is 0.649 bits per heavy atom. The van der Waals surface area contributed by atoms with Gasteiger partial charge in [-0.2, -0.15) is 0 Å². The zero-order valence-corrected chi connectivity index (χ0v) is 40.8. The summed E-state index contributed by atoms with van der Waals surface area (Å²) in [6, 6.07) is 0. The van der Waals surface area contributed by atoms with Gasteiger partial charge in [0, 0.05) is 0 Å². The molecule has 5 aliphatic rings. The molecule has 5 fully saturated rings. The van der Waals surface area contributed by atoms with Gasteiger partial charge in [-0.1, -0.05) is 13.8 Å². The molecular formula is C44H80O30. The maximum Gasteiger partial charge on any atom is 0.114 e. The molecule has 0 aromatic rings. The number of rotatable bonds is 26. The average molecular weight is 1090 g/mol. The van der Waals surface area contributed by atoms with E-state index in [2.05, 4.69) is 0 Å². The molecule has 30 heteroatoms. The van der Waals surface area contributed by atoms with Crippen LogP contribution in [0.5, 0.6) is 0 Å². The van der Waals surface area contributed by atoms with Gasteiger partial charge in [-0.15, -0.1) is 0 Å². The van der Waals surface area contributed by atoms with E-state index >= 15 is 0 Å². The minimum absolute atomic E-state index is 0.0585. The summed E-state index contributed by atoms with van der Waals surface area (Å²) in [6.07, 6.45) is -45.4. The van der Waals surface area contributed by atoms with Crippen LogP contribution in [0.2, 0.25) is 0 Å². The first-order valence-electron chi connectivity index (χ1n) is 24.6. The third-order valence-corrected chi connectivity index (χ3v) is 14.1. The Kier molecular flexibility index (Phi) is 25.2. The van der Waals surface area contributed by atoms with Gasteiger partial charge in [0.15, 0.2) is 0 Å². The Morgan fingerprint density at radius 3 is 0.986 bits per heavy atom. The van der Waals surface area contributed by atoms with Crippen LogP contribution in [-0.4, -0.2) is 352 Å². The highest BCUT2D eigenvalue weighted by Gasteiger charge is 2.52. The van der Waals surface area contributed by atoms with Crippen LogP contribution >= 0.6 is 0 Å². The van der Waals surface area contributed by atoms with Crippen molar-refractivity contribution in [3.05, 3.63) is 0 Å². The van der Waals surface area contributed by atoms with E-state index in [-0.39, 0.29) is 12.3 Å². The molecule has 5 heterocycles. The SMILES string of the molecule is CC(C)CC(O)C(O)C(OCC1OC(CO)C(OCC2OC(COCC3OC(CO)C(OCC4OC(CO)C(OCC5OC(CO)C(O)C(O)C5O)C(O)C4O)C(O)C3O)C(O)C(O)C2O)C(O)C1O)C(O)CO. The van der Waals surface area contributed by atoms with E-state index in [0.29, 0.717) is 0 Å². The van der Waals surface area contributed by atoms with Crippen molar-refractivity contribution in [2.75, 3.05) is 72.7 Å². The van der Waals surface area contributed by atoms with Crippen molar-refractivity contribution in [1.29, 1.82) is 0 Å². The maximum absolute atomic E-state index is 11.1. The molecule has 0 aliphatic carbocycles. The highest BCUT2D eigenvalue weighted by molar-refractivity contribution is 4.99. The van der Waals surface area contributed by atoms with Crippen molar-refractivity contribution < 1.29 is 149 Å². The van der Waals surface area contributed by atoms with E-state index in [1.165, 1.54) is 0 Å². The molecule has 0 saturated carbocycles. The van der Waals surface area contributed by atoms with Crippen LogP contribution in [0.3, 0.4) is 0 Å². The monoisotopic (exact) mass is 1090 g/mol. The van der Waals surface area contributed by atoms with E-state index < -0.39 is 250 Å². The molecule has 0 aromatic heterocycles. The first kappa shape index (κ1) is 63.6. The molecule has 5 rings (SSSR count). The molecule has 20 N–H and O–H groups in total. The van der Waals surface area contributed by atoms with Crippen molar-refractivity contribution in [2.24, 2.45) is 5.92 Å². The van der Waals surface area contributed by atoms with E-state index in [9.17, 15) is 102 Å². The molecule has 29 unspecified atom stereocenters. The molecule has 0 amide bonds. The quantitative estimate of drug-likeness (QED) is 0.0382. The molecule has 30 nitrogen and oxygen atoms in total. The van der Waals surface area contributed by atoms with E-state index in [1.54, 1.807) is 13.8 Å². The molecule has 436 valence electrons. The highest BCUT2D eigenvalue weighted by Crippen LogP contribution is 2.31. The van der Waals surface area contributed by atoms with Crippen molar-refractivity contribution in [1.82, 2.24) is 0 Å². The molecule has 5 saturated heterocycles. The lowest BCUT2D eigenvalue weighted by atomic mass is 9.93. The fraction of sp³-hybridized carbons (Fsp3) is 1.00. The Morgan fingerprint density at radius 1 is 0.351 bits per heavy atom. The summed E-state index contributed by atoms with van der Waals surface area (Å²) in [6.45, 7) is -3.86. The van der Waals surface area contributed by atoms with E-state index in [1.807, 2.05) is 0 Å². The lowest BCUT2D eigenvalue weighted by Crippen LogP contribution is -2.64. The van der Waals surface area contributed by atoms with Crippen LogP contribution in [0.15, 0.2) is 0 Å². The molecule has 29 atom stereocenters. The van der Waals surface area contributed by atoms with Crippen LogP contribution < -0.4 is 0 Å². The number of hydrogen-bond acceptors (Lipinski definition) is 30. The zero-order chi connectivity index (χ0) is 54.9. The zero-order valence-electron chi connectivity index (χ0n) is 40.8. The van der Waals surface area contributed by atoms with Gasteiger partial charge in [0.1, 0.15) is 171 Å². The second kappa shape index (κ2) is 29.3. The topological polar surface area (TPSA) is 497 Å². The van der Waals surface area contributed by atoms with Crippen molar-refractivity contribution >= 4 is 0 Å². The molecule has 0 bridgehead atoms. The van der Waals surface area contributed by atoms with Crippen LogP contribution in [0, 0.1) is 5.92 Å². The van der Waals surface area contributed by atoms with Crippen molar-refractivity contribution in [3.63, 3.8) is 0 Å². The van der Waals surface area contributed by atoms with Crippen LogP contribution in [0.1, 0.15) is 20.3 Å². The average Bonchev–Trinajstić information content (AvgIpc) is 3.38. The Hall–Kier alpha value is -1.20. The maximum atomic E-state index is 11.1. The molecule has 0 radical (unpaired) electrons. The lowest BCUT2D eigenvalue weighted by molar-refractivity contribution is -0.288. The summed E-state index contributed by atoms with van der Waals surface area (Å²) in [5.74, 6) is -0.0585. The van der Waals surface area contributed by atoms with Crippen molar-refractivity contribution in [2.45, 2.75) is 197 Å². The fourth-order valence-electron chi connectivity index (χ4n) is 9.65. The summed E-state index contributed by atoms with van der Waals surface area (Å²) >= 11 is 0. The van der Waals surface area contributed by atoms with Gasteiger partial charge in [0.25, 0.3) is 0 Å². The summed E-state index contributed by atoms with van der Waals surface area (Å²) in [5, 5.41) is 210. The third-order valence-electron chi connectivity index (χ3n) is 14.1. The summed E-state index contributed by atoms with van der Waals surface area (Å²) in [7, 11) is 0. The van der Waals surface area contributed by atoms with Gasteiger partial charge in [-0.05, 0) is 12.3 Å². The largest absolute Gasteiger partial charge is 0.394 e. The van der Waals surface area contributed by atoms with Gasteiger partial charge in [0.05, 0.1) is 78.8 Å². The van der Waals surface area contributed by atoms with Crippen LogP contribution in [0.25, 0.3) is 0 Å². The third kappa shape index (κ3) is 15.2. The first-order valence-corrected chi connectivity index (χ1v) is 24.6. The highest BCUT2D eigenvalue weighted by atomic mass is 16.6. The number of aliphatic hydroxyl groups excluding tert-OH is 20. The van der Waals surface area contributed by atoms with Gasteiger partial charge in [-0.25, -0.2) is 0 Å². The standard InChI is InChI=1S/C44H80O30/c1-15(2)3-16(50)28(52)41(17(51)4-45)66-11-26-34(58)39(63)44(20(7-48)72-26)68-13-25-32(56)37(61)30(54)22(74-25)9-65-10-23-33(57)38(62)42(19(6-47)71-23)69-14-27-35(59)40(64)43(21(8-49)73-27)67-12-24-31(55)36(60)29(53)18(5-46)70-24/h15-64H,3-14H2,1-2H3. The lowest BCUT2D eigenvalue weighted by Gasteiger charge is -2.45. The second-order valence-electron chi connectivity index (χ2n) is 19.8. The summed E-state index contributed by atoms with van der Waals surface area (Å²) < 4.78 is 56.7. The Labute approximate surface area is 424 Å². The summed E-state index contributed by atoms with van der Waals surface area (Å²) in [4.78, 5) is 0. The van der Waals surface area contributed by atoms with Crippen LogP contribution in [-0.2, 0) is 47.4 Å². The van der Waals surface area contributed by atoms with Gasteiger partial charge in [-0.3, -0.25) is 0 Å². The molecule has 0 spiro atoms. The minimum Gasteiger partial charge on any atom is -0.394 e. The number of hydrogen-bond donors (Lipinski definition) is 20. The van der Waals surface area contributed by atoms with Crippen molar-refractivity contribution in [3.8, 4) is 0 Å². The second-order valence-corrected chi connectivity index (χ2v) is 19.8. The predicted molar refractivity (Wildman–Crippen MR) is 238 cm³/mol. The molecule has 74 heavy (non-hydrogen) atoms. The molecule has 0 aromatic carbocycles. The number of ether oxygens (including phenoxy) is 10. The van der Waals surface area contributed by atoms with E-state index in [4.69, 9.17) is 47.4 Å². The van der Waals surface area contributed by atoms with Crippen LogP contribution in [0.4, 0.5) is 0 Å².